The zero-order valence-electron chi connectivity index (χ0n) is 8.42. The van der Waals surface area contributed by atoms with Crippen LogP contribution in [0.3, 0.4) is 0 Å². The Morgan fingerprint density at radius 2 is 2.31 bits per heavy atom. The molecule has 2 rings (SSSR count). The van der Waals surface area contributed by atoms with Crippen LogP contribution in [0.5, 0.6) is 0 Å². The van der Waals surface area contributed by atoms with Crippen LogP contribution in [0.2, 0.25) is 0 Å². The molecule has 1 aromatic heterocycles. The van der Waals surface area contributed by atoms with E-state index in [9.17, 15) is 0 Å². The number of nitrogens with one attached hydrogen (secondary N) is 1. The quantitative estimate of drug-likeness (QED) is 0.804. The van der Waals surface area contributed by atoms with Gasteiger partial charge in [-0.15, -0.1) is 11.3 Å². The number of nitrogens with zero attached hydrogens (tertiary/aromatic N) is 1. The van der Waals surface area contributed by atoms with Gasteiger partial charge in [0, 0.05) is 10.9 Å². The molecule has 0 spiro atoms. The number of rotatable bonds is 3. The third-order valence-electron chi connectivity index (χ3n) is 2.78. The van der Waals surface area contributed by atoms with Gasteiger partial charge in [-0.1, -0.05) is 13.3 Å². The summed E-state index contributed by atoms with van der Waals surface area (Å²) in [5.41, 5.74) is 1.17. The van der Waals surface area contributed by atoms with Crippen LogP contribution in [0.1, 0.15) is 30.3 Å². The molecule has 2 atom stereocenters. The van der Waals surface area contributed by atoms with Crippen LogP contribution in [-0.2, 0) is 0 Å². The fraction of sp³-hybridized carbons (Fsp3) is 0.700. The Morgan fingerprint density at radius 1 is 1.54 bits per heavy atom. The largest absolute Gasteiger partial charge is 0.358 e. The van der Waals surface area contributed by atoms with E-state index < -0.39 is 0 Å². The monoisotopic (exact) mass is 196 g/mol. The Kier molecular flexibility index (Phi) is 2.28. The molecule has 1 aliphatic rings. The molecule has 0 aromatic carbocycles. The van der Waals surface area contributed by atoms with Crippen LogP contribution >= 0.6 is 11.3 Å². The second-order valence-corrected chi connectivity index (χ2v) is 5.02. The first kappa shape index (κ1) is 9.00. The van der Waals surface area contributed by atoms with Gasteiger partial charge in [0.15, 0.2) is 5.13 Å². The topological polar surface area (TPSA) is 24.9 Å². The minimum absolute atomic E-state index is 0.704. The van der Waals surface area contributed by atoms with Gasteiger partial charge >= 0.3 is 0 Å². The molecule has 0 amide bonds. The van der Waals surface area contributed by atoms with Crippen LogP contribution in [0.25, 0.3) is 0 Å². The molecular weight excluding hydrogens is 180 g/mol. The van der Waals surface area contributed by atoms with Gasteiger partial charge in [-0.2, -0.15) is 0 Å². The van der Waals surface area contributed by atoms with E-state index in [4.69, 9.17) is 0 Å². The number of aromatic nitrogens is 1. The van der Waals surface area contributed by atoms with Crippen molar-refractivity contribution < 1.29 is 0 Å². The lowest BCUT2D eigenvalue weighted by molar-refractivity contribution is 0.774. The maximum atomic E-state index is 4.47. The number of hydrogen-bond acceptors (Lipinski definition) is 3. The van der Waals surface area contributed by atoms with Crippen molar-refractivity contribution in [3.05, 3.63) is 10.6 Å². The van der Waals surface area contributed by atoms with Crippen LogP contribution in [0, 0.1) is 19.8 Å². The summed E-state index contributed by atoms with van der Waals surface area (Å²) in [6.07, 6.45) is 2.62. The van der Waals surface area contributed by atoms with Crippen molar-refractivity contribution in [3.8, 4) is 0 Å². The van der Waals surface area contributed by atoms with Crippen LogP contribution in [-0.4, -0.2) is 11.0 Å². The Morgan fingerprint density at radius 3 is 2.77 bits per heavy atom. The fourth-order valence-corrected chi connectivity index (χ4v) is 2.44. The average molecular weight is 196 g/mol. The smallest absolute Gasteiger partial charge is 0.183 e. The van der Waals surface area contributed by atoms with E-state index in [1.54, 1.807) is 11.3 Å². The molecule has 0 aliphatic heterocycles. The highest BCUT2D eigenvalue weighted by Gasteiger charge is 2.35. The lowest BCUT2D eigenvalue weighted by atomic mass is 10.3. The molecule has 0 bridgehead atoms. The fourth-order valence-electron chi connectivity index (χ4n) is 1.57. The second kappa shape index (κ2) is 3.29. The number of anilines is 1. The highest BCUT2D eigenvalue weighted by atomic mass is 32.1. The molecule has 1 heterocycles. The Hall–Kier alpha value is -0.570. The second-order valence-electron chi connectivity index (χ2n) is 3.82. The molecule has 2 unspecified atom stereocenters. The molecule has 0 saturated heterocycles. The minimum Gasteiger partial charge on any atom is -0.358 e. The van der Waals surface area contributed by atoms with Crippen molar-refractivity contribution in [2.45, 2.75) is 39.7 Å². The Labute approximate surface area is 83.4 Å². The third kappa shape index (κ3) is 1.85. The molecule has 0 radical (unpaired) electrons. The normalized spacial score (nSPS) is 26.1. The zero-order chi connectivity index (χ0) is 9.42. The molecule has 1 N–H and O–H groups in total. The van der Waals surface area contributed by atoms with Gasteiger partial charge in [0.05, 0.1) is 5.69 Å². The molecule has 2 nitrogen and oxygen atoms in total. The van der Waals surface area contributed by atoms with E-state index in [1.165, 1.54) is 23.4 Å². The molecule has 13 heavy (non-hydrogen) atoms. The van der Waals surface area contributed by atoms with Crippen molar-refractivity contribution in [3.63, 3.8) is 0 Å². The van der Waals surface area contributed by atoms with E-state index in [0.717, 1.165) is 11.0 Å². The molecule has 3 heteroatoms. The third-order valence-corrected chi connectivity index (χ3v) is 3.79. The lowest BCUT2D eigenvalue weighted by Gasteiger charge is -1.98. The zero-order valence-corrected chi connectivity index (χ0v) is 9.24. The molecule has 1 aliphatic carbocycles. The maximum Gasteiger partial charge on any atom is 0.183 e. The highest BCUT2D eigenvalue weighted by Crippen LogP contribution is 2.37. The van der Waals surface area contributed by atoms with E-state index in [2.05, 4.69) is 31.1 Å². The predicted octanol–water partition coefficient (Wildman–Crippen LogP) is 2.97. The maximum absolute atomic E-state index is 4.47. The van der Waals surface area contributed by atoms with Gasteiger partial charge in [-0.05, 0) is 26.2 Å². The van der Waals surface area contributed by atoms with E-state index in [1.807, 2.05) is 0 Å². The Balaban J connectivity index is 1.95. The molecule has 1 fully saturated rings. The minimum atomic E-state index is 0.704. The van der Waals surface area contributed by atoms with Gasteiger partial charge in [-0.3, -0.25) is 0 Å². The summed E-state index contributed by atoms with van der Waals surface area (Å²) < 4.78 is 0. The molecular formula is C10H16N2S. The Bertz CT molecular complexity index is 286. The first-order valence-electron chi connectivity index (χ1n) is 4.91. The van der Waals surface area contributed by atoms with Gasteiger partial charge in [-0.25, -0.2) is 4.98 Å². The molecule has 72 valence electrons. The summed E-state index contributed by atoms with van der Waals surface area (Å²) in [4.78, 5) is 5.80. The van der Waals surface area contributed by atoms with Gasteiger partial charge < -0.3 is 5.32 Å². The summed E-state index contributed by atoms with van der Waals surface area (Å²) >= 11 is 1.77. The highest BCUT2D eigenvalue weighted by molar-refractivity contribution is 7.15. The first-order chi connectivity index (χ1) is 6.20. The van der Waals surface area contributed by atoms with Gasteiger partial charge in [0.1, 0.15) is 0 Å². The van der Waals surface area contributed by atoms with Gasteiger partial charge in [0.2, 0.25) is 0 Å². The van der Waals surface area contributed by atoms with Crippen molar-refractivity contribution in [2.75, 3.05) is 5.32 Å². The summed E-state index contributed by atoms with van der Waals surface area (Å²) in [6, 6.07) is 0.704. The van der Waals surface area contributed by atoms with Crippen molar-refractivity contribution in [1.82, 2.24) is 4.98 Å². The standard InChI is InChI=1S/C10H16N2S/c1-4-8-5-9(8)12-10-11-6(2)7(3)13-10/h8-9H,4-5H2,1-3H3,(H,11,12). The van der Waals surface area contributed by atoms with E-state index in [-0.39, 0.29) is 0 Å². The summed E-state index contributed by atoms with van der Waals surface area (Å²) in [5, 5.41) is 4.59. The van der Waals surface area contributed by atoms with E-state index in [0.29, 0.717) is 6.04 Å². The van der Waals surface area contributed by atoms with Crippen molar-refractivity contribution in [1.29, 1.82) is 0 Å². The van der Waals surface area contributed by atoms with Crippen LogP contribution < -0.4 is 5.32 Å². The van der Waals surface area contributed by atoms with Crippen LogP contribution in [0.4, 0.5) is 5.13 Å². The number of aryl methyl sites for hydroxylation is 2. The predicted molar refractivity (Wildman–Crippen MR) is 57.4 cm³/mol. The molecule has 1 aromatic rings. The number of hydrogen-bond donors (Lipinski definition) is 1. The van der Waals surface area contributed by atoms with Gasteiger partial charge in [0.25, 0.3) is 0 Å². The average Bonchev–Trinajstić information content (AvgIpc) is 2.75. The molecule has 1 saturated carbocycles. The van der Waals surface area contributed by atoms with E-state index >= 15 is 0 Å². The SMILES string of the molecule is CCC1CC1Nc1nc(C)c(C)s1. The first-order valence-corrected chi connectivity index (χ1v) is 5.73. The summed E-state index contributed by atoms with van der Waals surface area (Å²) in [6.45, 7) is 6.45. The lowest BCUT2D eigenvalue weighted by Crippen LogP contribution is -2.03. The van der Waals surface area contributed by atoms with Crippen LogP contribution in [0.15, 0.2) is 0 Å². The van der Waals surface area contributed by atoms with Crippen molar-refractivity contribution in [2.24, 2.45) is 5.92 Å². The number of thiazole rings is 1. The summed E-state index contributed by atoms with van der Waals surface area (Å²) in [7, 11) is 0. The van der Waals surface area contributed by atoms with Crippen molar-refractivity contribution >= 4 is 16.5 Å². The summed E-state index contributed by atoms with van der Waals surface area (Å²) in [5.74, 6) is 0.893.